The Morgan fingerprint density at radius 2 is 2.12 bits per heavy atom. The lowest BCUT2D eigenvalue weighted by Gasteiger charge is -2.37. The largest absolute Gasteiger partial charge is 0.379 e. The second-order valence-electron chi connectivity index (χ2n) is 7.42. The average Bonchev–Trinajstić information content (AvgIpc) is 3.19. The van der Waals surface area contributed by atoms with Crippen molar-refractivity contribution in [3.63, 3.8) is 0 Å². The third kappa shape index (κ3) is 4.48. The first-order valence-corrected chi connectivity index (χ1v) is 8.90. The maximum atomic E-state index is 12.8. The molecular weight excluding hydrogens is 306 g/mol. The lowest BCUT2D eigenvalue weighted by atomic mass is 10.0. The van der Waals surface area contributed by atoms with Gasteiger partial charge < -0.3 is 15.0 Å². The van der Waals surface area contributed by atoms with E-state index in [0.29, 0.717) is 0 Å². The van der Waals surface area contributed by atoms with Gasteiger partial charge in [-0.2, -0.15) is 5.10 Å². The highest BCUT2D eigenvalue weighted by atomic mass is 16.5. The van der Waals surface area contributed by atoms with Gasteiger partial charge in [-0.1, -0.05) is 0 Å². The fraction of sp³-hybridized carbons (Fsp3) is 0.765. The smallest absolute Gasteiger partial charge is 0.318 e. The van der Waals surface area contributed by atoms with Gasteiger partial charge in [0.1, 0.15) is 0 Å². The first-order valence-electron chi connectivity index (χ1n) is 8.90. The Labute approximate surface area is 143 Å². The molecule has 2 amide bonds. The molecule has 0 saturated carbocycles. The minimum absolute atomic E-state index is 0.0444. The van der Waals surface area contributed by atoms with Gasteiger partial charge in [0.15, 0.2) is 0 Å². The van der Waals surface area contributed by atoms with Gasteiger partial charge in [0, 0.05) is 44.1 Å². The van der Waals surface area contributed by atoms with Crippen LogP contribution in [-0.2, 0) is 11.3 Å². The molecule has 134 valence electrons. The van der Waals surface area contributed by atoms with Crippen molar-refractivity contribution in [3.05, 3.63) is 18.5 Å². The number of nitrogens with zero attached hydrogens (tertiary/aromatic N) is 4. The van der Waals surface area contributed by atoms with Crippen LogP contribution in [0.3, 0.4) is 0 Å². The number of rotatable bonds is 5. The molecular formula is C17H29N5O2. The predicted molar refractivity (Wildman–Crippen MR) is 91.8 cm³/mol. The second kappa shape index (κ2) is 7.53. The molecule has 2 fully saturated rings. The van der Waals surface area contributed by atoms with Gasteiger partial charge in [-0.3, -0.25) is 9.58 Å². The molecule has 3 rings (SSSR count). The molecule has 2 aliphatic rings. The maximum Gasteiger partial charge on any atom is 0.318 e. The third-order valence-electron chi connectivity index (χ3n) is 4.76. The zero-order valence-electron chi connectivity index (χ0n) is 14.8. The van der Waals surface area contributed by atoms with Crippen molar-refractivity contribution in [3.8, 4) is 0 Å². The summed E-state index contributed by atoms with van der Waals surface area (Å²) in [4.78, 5) is 17.1. The van der Waals surface area contributed by atoms with E-state index in [0.717, 1.165) is 58.8 Å². The number of carbonyl (C=O) groups excluding carboxylic acids is 1. The van der Waals surface area contributed by atoms with Crippen LogP contribution in [0.25, 0.3) is 0 Å². The summed E-state index contributed by atoms with van der Waals surface area (Å²) < 4.78 is 7.31. The summed E-state index contributed by atoms with van der Waals surface area (Å²) in [7, 11) is 0. The minimum Gasteiger partial charge on any atom is -0.379 e. The number of likely N-dealkylation sites (tertiary alicyclic amines) is 1. The van der Waals surface area contributed by atoms with Gasteiger partial charge in [-0.15, -0.1) is 0 Å². The summed E-state index contributed by atoms with van der Waals surface area (Å²) in [6, 6.07) is 2.19. The van der Waals surface area contributed by atoms with Crippen LogP contribution in [0.4, 0.5) is 4.79 Å². The highest BCUT2D eigenvalue weighted by molar-refractivity contribution is 5.75. The van der Waals surface area contributed by atoms with Gasteiger partial charge in [0.2, 0.25) is 0 Å². The average molecular weight is 335 g/mol. The number of ether oxygens (including phenoxy) is 1. The standard InChI is InChI=1S/C17H29N5O2/c1-17(2,14-20-9-11-24-12-10-20)19-16(23)22-8-3-5-15(22)13-21-7-4-6-18-21/h4,6-7,15H,3,5,8-14H2,1-2H3,(H,19,23). The Bertz CT molecular complexity index is 525. The molecule has 1 aromatic rings. The van der Waals surface area contributed by atoms with Gasteiger partial charge in [0.25, 0.3) is 0 Å². The van der Waals surface area contributed by atoms with Gasteiger partial charge in [0.05, 0.1) is 25.8 Å². The summed E-state index contributed by atoms with van der Waals surface area (Å²) in [5.74, 6) is 0. The van der Waals surface area contributed by atoms with Gasteiger partial charge in [-0.25, -0.2) is 4.79 Å². The summed E-state index contributed by atoms with van der Waals surface area (Å²) in [6.07, 6.45) is 5.84. The number of nitrogens with one attached hydrogen (secondary N) is 1. The number of morpholine rings is 1. The lowest BCUT2D eigenvalue weighted by Crippen LogP contribution is -2.57. The number of hydrogen-bond acceptors (Lipinski definition) is 4. The van der Waals surface area contributed by atoms with Crippen molar-refractivity contribution in [2.75, 3.05) is 39.4 Å². The van der Waals surface area contributed by atoms with E-state index < -0.39 is 0 Å². The molecule has 7 heteroatoms. The van der Waals surface area contributed by atoms with E-state index in [2.05, 4.69) is 29.2 Å². The molecule has 24 heavy (non-hydrogen) atoms. The predicted octanol–water partition coefficient (Wildman–Crippen LogP) is 1.17. The molecule has 3 heterocycles. The van der Waals surface area contributed by atoms with Crippen molar-refractivity contribution in [2.45, 2.75) is 44.8 Å². The first-order chi connectivity index (χ1) is 11.5. The summed E-state index contributed by atoms with van der Waals surface area (Å²) >= 11 is 0. The molecule has 0 spiro atoms. The molecule has 1 aromatic heterocycles. The van der Waals surface area contributed by atoms with Crippen LogP contribution in [-0.4, -0.2) is 76.6 Å². The van der Waals surface area contributed by atoms with Crippen molar-refractivity contribution in [1.82, 2.24) is 24.9 Å². The molecule has 0 aromatic carbocycles. The van der Waals surface area contributed by atoms with E-state index in [1.807, 2.05) is 21.8 Å². The van der Waals surface area contributed by atoms with E-state index in [4.69, 9.17) is 4.74 Å². The number of urea groups is 1. The Hall–Kier alpha value is -1.60. The van der Waals surface area contributed by atoms with Crippen LogP contribution in [0, 0.1) is 0 Å². The highest BCUT2D eigenvalue weighted by Gasteiger charge is 2.33. The summed E-state index contributed by atoms with van der Waals surface area (Å²) in [5, 5.41) is 7.50. The second-order valence-corrected chi connectivity index (χ2v) is 7.42. The van der Waals surface area contributed by atoms with Crippen molar-refractivity contribution < 1.29 is 9.53 Å². The van der Waals surface area contributed by atoms with Crippen LogP contribution in [0.5, 0.6) is 0 Å². The van der Waals surface area contributed by atoms with Crippen LogP contribution in [0.15, 0.2) is 18.5 Å². The third-order valence-corrected chi connectivity index (χ3v) is 4.76. The zero-order chi connectivity index (χ0) is 17.0. The fourth-order valence-electron chi connectivity index (χ4n) is 3.64. The molecule has 1 unspecified atom stereocenters. The summed E-state index contributed by atoms with van der Waals surface area (Å²) in [5.41, 5.74) is -0.257. The van der Waals surface area contributed by atoms with E-state index in [9.17, 15) is 4.79 Å². The van der Waals surface area contributed by atoms with Crippen LogP contribution in [0.1, 0.15) is 26.7 Å². The normalized spacial score (nSPS) is 22.8. The SMILES string of the molecule is CC(C)(CN1CCOCC1)NC(=O)N1CCCC1Cn1cccn1. The molecule has 2 aliphatic heterocycles. The molecule has 2 saturated heterocycles. The van der Waals surface area contributed by atoms with Gasteiger partial charge in [-0.05, 0) is 32.8 Å². The topological polar surface area (TPSA) is 62.6 Å². The first kappa shape index (κ1) is 17.2. The zero-order valence-corrected chi connectivity index (χ0v) is 14.8. The monoisotopic (exact) mass is 335 g/mol. The lowest BCUT2D eigenvalue weighted by molar-refractivity contribution is 0.0275. The van der Waals surface area contributed by atoms with Crippen LogP contribution in [0.2, 0.25) is 0 Å². The minimum atomic E-state index is -0.257. The van der Waals surface area contributed by atoms with E-state index in [-0.39, 0.29) is 17.6 Å². The summed E-state index contributed by atoms with van der Waals surface area (Å²) in [6.45, 7) is 10.1. The molecule has 1 atom stereocenters. The molecule has 0 bridgehead atoms. The Kier molecular flexibility index (Phi) is 5.40. The highest BCUT2D eigenvalue weighted by Crippen LogP contribution is 2.20. The van der Waals surface area contributed by atoms with Crippen molar-refractivity contribution >= 4 is 6.03 Å². The number of aromatic nitrogens is 2. The van der Waals surface area contributed by atoms with E-state index >= 15 is 0 Å². The van der Waals surface area contributed by atoms with Crippen LogP contribution >= 0.6 is 0 Å². The van der Waals surface area contributed by atoms with Crippen molar-refractivity contribution in [2.24, 2.45) is 0 Å². The quantitative estimate of drug-likeness (QED) is 0.877. The molecule has 7 nitrogen and oxygen atoms in total. The van der Waals surface area contributed by atoms with E-state index in [1.54, 1.807) is 6.20 Å². The van der Waals surface area contributed by atoms with E-state index in [1.165, 1.54) is 0 Å². The molecule has 0 aliphatic carbocycles. The number of hydrogen-bond donors (Lipinski definition) is 1. The Morgan fingerprint density at radius 1 is 1.33 bits per heavy atom. The number of carbonyl (C=O) groups is 1. The van der Waals surface area contributed by atoms with Crippen LogP contribution < -0.4 is 5.32 Å². The van der Waals surface area contributed by atoms with Gasteiger partial charge >= 0.3 is 6.03 Å². The fourth-order valence-corrected chi connectivity index (χ4v) is 3.64. The molecule has 0 radical (unpaired) electrons. The number of amides is 2. The Morgan fingerprint density at radius 3 is 2.83 bits per heavy atom. The molecule has 1 N–H and O–H groups in total. The van der Waals surface area contributed by atoms with Crippen molar-refractivity contribution in [1.29, 1.82) is 0 Å². The maximum absolute atomic E-state index is 12.8. The Balaban J connectivity index is 1.54.